The molecule has 2 rings (SSSR count). The van der Waals surface area contributed by atoms with Crippen molar-refractivity contribution in [2.24, 2.45) is 5.92 Å². The van der Waals surface area contributed by atoms with Crippen LogP contribution < -0.4 is 5.32 Å². The minimum atomic E-state index is -0.825. The summed E-state index contributed by atoms with van der Waals surface area (Å²) < 4.78 is 0. The number of carbonyl (C=O) groups is 2. The summed E-state index contributed by atoms with van der Waals surface area (Å²) in [5, 5.41) is 12.1. The van der Waals surface area contributed by atoms with E-state index >= 15 is 0 Å². The molecule has 5 nitrogen and oxygen atoms in total. The largest absolute Gasteiger partial charge is 0.481 e. The Hall–Kier alpha value is -1.26. The van der Waals surface area contributed by atoms with E-state index in [9.17, 15) is 9.59 Å². The Morgan fingerprint density at radius 3 is 2.35 bits per heavy atom. The summed E-state index contributed by atoms with van der Waals surface area (Å²) in [4.78, 5) is 25.1. The Labute approximate surface area is 120 Å². The first kappa shape index (κ1) is 15.1. The molecule has 20 heavy (non-hydrogen) atoms. The average molecular weight is 282 g/mol. The van der Waals surface area contributed by atoms with Gasteiger partial charge in [0, 0.05) is 13.6 Å². The third kappa shape index (κ3) is 3.87. The zero-order valence-electron chi connectivity index (χ0n) is 12.4. The van der Waals surface area contributed by atoms with Gasteiger partial charge >= 0.3 is 12.0 Å². The molecule has 5 heteroatoms. The van der Waals surface area contributed by atoms with Crippen molar-refractivity contribution in [3.8, 4) is 0 Å². The van der Waals surface area contributed by atoms with Crippen molar-refractivity contribution in [2.45, 2.75) is 63.3 Å². The molecular formula is C15H26N2O3. The third-order valence-electron chi connectivity index (χ3n) is 4.78. The van der Waals surface area contributed by atoms with Gasteiger partial charge in [0.2, 0.25) is 0 Å². The Balaban J connectivity index is 1.91. The molecule has 0 unspecified atom stereocenters. The van der Waals surface area contributed by atoms with Crippen molar-refractivity contribution in [1.29, 1.82) is 0 Å². The van der Waals surface area contributed by atoms with Crippen LogP contribution >= 0.6 is 0 Å². The smallest absolute Gasteiger partial charge is 0.317 e. The predicted molar refractivity (Wildman–Crippen MR) is 76.6 cm³/mol. The highest BCUT2D eigenvalue weighted by Gasteiger charge is 2.36. The maximum atomic E-state index is 12.3. The summed E-state index contributed by atoms with van der Waals surface area (Å²) in [6.07, 6.45) is 8.41. The number of carboxylic acids is 1. The zero-order chi connectivity index (χ0) is 14.6. The van der Waals surface area contributed by atoms with Crippen LogP contribution in [0.1, 0.15) is 57.8 Å². The quantitative estimate of drug-likeness (QED) is 0.814. The molecule has 0 aliphatic heterocycles. The second-order valence-corrected chi connectivity index (χ2v) is 6.52. The normalized spacial score (nSPS) is 21.9. The van der Waals surface area contributed by atoms with E-state index in [1.807, 2.05) is 7.05 Å². The van der Waals surface area contributed by atoms with Crippen LogP contribution in [0.4, 0.5) is 4.79 Å². The van der Waals surface area contributed by atoms with E-state index in [1.165, 1.54) is 19.3 Å². The molecule has 0 aromatic carbocycles. The molecule has 0 radical (unpaired) electrons. The van der Waals surface area contributed by atoms with Crippen molar-refractivity contribution >= 4 is 12.0 Å². The SMILES string of the molecule is CN(CC1CCC1)C(=O)NC1(CC(=O)O)CCCCC1. The van der Waals surface area contributed by atoms with E-state index in [2.05, 4.69) is 5.32 Å². The van der Waals surface area contributed by atoms with Gasteiger partial charge in [-0.3, -0.25) is 4.79 Å². The van der Waals surface area contributed by atoms with E-state index in [0.717, 1.165) is 38.6 Å². The molecule has 0 atom stereocenters. The fourth-order valence-corrected chi connectivity index (χ4v) is 3.33. The van der Waals surface area contributed by atoms with Crippen molar-refractivity contribution in [2.75, 3.05) is 13.6 Å². The number of hydrogen-bond donors (Lipinski definition) is 2. The Morgan fingerprint density at radius 1 is 1.20 bits per heavy atom. The molecule has 2 aliphatic carbocycles. The molecule has 0 bridgehead atoms. The lowest BCUT2D eigenvalue weighted by molar-refractivity contribution is -0.139. The molecule has 2 saturated carbocycles. The van der Waals surface area contributed by atoms with E-state index in [0.29, 0.717) is 5.92 Å². The number of nitrogens with one attached hydrogen (secondary N) is 1. The number of carboxylic acid groups (broad SMARTS) is 1. The van der Waals surface area contributed by atoms with Crippen LogP contribution in [0.15, 0.2) is 0 Å². The molecule has 2 fully saturated rings. The Bertz CT molecular complexity index is 360. The topological polar surface area (TPSA) is 69.6 Å². The second kappa shape index (κ2) is 6.46. The van der Waals surface area contributed by atoms with Gasteiger partial charge in [-0.25, -0.2) is 4.79 Å². The van der Waals surface area contributed by atoms with Gasteiger partial charge in [0.1, 0.15) is 0 Å². The highest BCUT2D eigenvalue weighted by atomic mass is 16.4. The fourth-order valence-electron chi connectivity index (χ4n) is 3.33. The Kier molecular flexibility index (Phi) is 4.89. The minimum absolute atomic E-state index is 0.0377. The predicted octanol–water partition coefficient (Wildman–Crippen LogP) is 2.61. The van der Waals surface area contributed by atoms with E-state index < -0.39 is 11.5 Å². The van der Waals surface area contributed by atoms with Crippen LogP contribution in [0.25, 0.3) is 0 Å². The molecule has 2 N–H and O–H groups in total. The van der Waals surface area contributed by atoms with Crippen molar-refractivity contribution in [3.63, 3.8) is 0 Å². The molecule has 0 saturated heterocycles. The average Bonchev–Trinajstić information content (AvgIpc) is 2.33. The third-order valence-corrected chi connectivity index (χ3v) is 4.78. The number of carbonyl (C=O) groups excluding carboxylic acids is 1. The zero-order valence-corrected chi connectivity index (χ0v) is 12.4. The molecule has 0 aromatic rings. The lowest BCUT2D eigenvalue weighted by atomic mass is 9.79. The van der Waals surface area contributed by atoms with Gasteiger partial charge in [0.05, 0.1) is 12.0 Å². The van der Waals surface area contributed by atoms with Crippen molar-refractivity contribution < 1.29 is 14.7 Å². The van der Waals surface area contributed by atoms with Gasteiger partial charge in [0.25, 0.3) is 0 Å². The van der Waals surface area contributed by atoms with Gasteiger partial charge in [0.15, 0.2) is 0 Å². The van der Waals surface area contributed by atoms with Gasteiger partial charge in [-0.15, -0.1) is 0 Å². The Morgan fingerprint density at radius 2 is 1.85 bits per heavy atom. The number of aliphatic carboxylic acids is 1. The molecule has 0 aromatic heterocycles. The van der Waals surface area contributed by atoms with Crippen LogP contribution in [0.2, 0.25) is 0 Å². The number of amides is 2. The molecule has 2 amide bonds. The summed E-state index contributed by atoms with van der Waals surface area (Å²) in [6.45, 7) is 0.787. The van der Waals surface area contributed by atoms with E-state index in [1.54, 1.807) is 4.90 Å². The summed E-state index contributed by atoms with van der Waals surface area (Å²) in [6, 6.07) is -0.111. The van der Waals surface area contributed by atoms with Crippen LogP contribution in [0.3, 0.4) is 0 Å². The van der Waals surface area contributed by atoms with Crippen molar-refractivity contribution in [1.82, 2.24) is 10.2 Å². The lowest BCUT2D eigenvalue weighted by Crippen LogP contribution is -2.55. The molecule has 2 aliphatic rings. The molecular weight excluding hydrogens is 256 g/mol. The number of urea groups is 1. The monoisotopic (exact) mass is 282 g/mol. The van der Waals surface area contributed by atoms with Crippen LogP contribution in [0, 0.1) is 5.92 Å². The lowest BCUT2D eigenvalue weighted by Gasteiger charge is -2.39. The first-order valence-electron chi connectivity index (χ1n) is 7.76. The number of hydrogen-bond acceptors (Lipinski definition) is 2. The number of nitrogens with zero attached hydrogens (tertiary/aromatic N) is 1. The van der Waals surface area contributed by atoms with Crippen molar-refractivity contribution in [3.05, 3.63) is 0 Å². The van der Waals surface area contributed by atoms with E-state index in [4.69, 9.17) is 5.11 Å². The van der Waals surface area contributed by atoms with Gasteiger partial charge in [-0.1, -0.05) is 25.7 Å². The highest BCUT2D eigenvalue weighted by molar-refractivity contribution is 5.76. The van der Waals surface area contributed by atoms with Crippen LogP contribution in [-0.2, 0) is 4.79 Å². The van der Waals surface area contributed by atoms with Crippen LogP contribution in [-0.4, -0.2) is 41.1 Å². The maximum Gasteiger partial charge on any atom is 0.317 e. The van der Waals surface area contributed by atoms with Gasteiger partial charge in [-0.2, -0.15) is 0 Å². The summed E-state index contributed by atoms with van der Waals surface area (Å²) in [5.74, 6) is -0.193. The standard InChI is InChI=1S/C15H26N2O3/c1-17(11-12-6-5-7-12)14(20)16-15(10-13(18)19)8-3-2-4-9-15/h12H,2-11H2,1H3,(H,16,20)(H,18,19). The fraction of sp³-hybridized carbons (Fsp3) is 0.867. The first-order valence-corrected chi connectivity index (χ1v) is 7.76. The number of rotatable bonds is 5. The first-order chi connectivity index (χ1) is 9.51. The van der Waals surface area contributed by atoms with Gasteiger partial charge < -0.3 is 15.3 Å². The van der Waals surface area contributed by atoms with Crippen LogP contribution in [0.5, 0.6) is 0 Å². The summed E-state index contributed by atoms with van der Waals surface area (Å²) in [5.41, 5.74) is -0.533. The second-order valence-electron chi connectivity index (χ2n) is 6.52. The molecule has 114 valence electrons. The molecule has 0 spiro atoms. The maximum absolute atomic E-state index is 12.3. The highest BCUT2D eigenvalue weighted by Crippen LogP contribution is 2.32. The van der Waals surface area contributed by atoms with E-state index in [-0.39, 0.29) is 12.5 Å². The summed E-state index contributed by atoms with van der Waals surface area (Å²) in [7, 11) is 1.81. The molecule has 0 heterocycles. The van der Waals surface area contributed by atoms with Gasteiger partial charge in [-0.05, 0) is 31.6 Å². The summed E-state index contributed by atoms with van der Waals surface area (Å²) >= 11 is 0. The minimum Gasteiger partial charge on any atom is -0.481 e.